The van der Waals surface area contributed by atoms with E-state index < -0.39 is 0 Å². The monoisotopic (exact) mass is 695 g/mol. The van der Waals surface area contributed by atoms with Crippen LogP contribution in [0.15, 0.2) is 35.4 Å². The first kappa shape index (κ1) is 42.9. The lowest BCUT2D eigenvalue weighted by atomic mass is 9.86. The molecule has 1 aliphatic rings. The van der Waals surface area contributed by atoms with Gasteiger partial charge in [0, 0.05) is 22.3 Å². The van der Waals surface area contributed by atoms with Crippen LogP contribution >= 0.6 is 0 Å². The number of aryl methyl sites for hydroxylation is 4. The van der Waals surface area contributed by atoms with Gasteiger partial charge in [-0.3, -0.25) is 0 Å². The highest BCUT2D eigenvalue weighted by molar-refractivity contribution is 5.83. The Morgan fingerprint density at radius 1 is 0.373 bits per heavy atom. The molecule has 0 N–H and O–H groups in total. The second-order valence-corrected chi connectivity index (χ2v) is 15.7. The number of rotatable bonds is 27. The Labute approximate surface area is 316 Å². The Morgan fingerprint density at radius 3 is 1.08 bits per heavy atom. The van der Waals surface area contributed by atoms with E-state index in [0.29, 0.717) is 0 Å². The van der Waals surface area contributed by atoms with Crippen molar-refractivity contribution in [2.75, 3.05) is 0 Å². The minimum Gasteiger partial charge on any atom is -0.493 e. The lowest BCUT2D eigenvalue weighted by Gasteiger charge is -2.20. The molecule has 2 aromatic rings. The van der Waals surface area contributed by atoms with Gasteiger partial charge in [0.2, 0.25) is 11.4 Å². The van der Waals surface area contributed by atoms with Crippen molar-refractivity contribution in [1.29, 1.82) is 0 Å². The van der Waals surface area contributed by atoms with Crippen molar-refractivity contribution >= 4 is 11.4 Å². The molecule has 2 heteroatoms. The normalized spacial score (nSPS) is 13.4. The highest BCUT2D eigenvalue weighted by atomic mass is 15.2. The van der Waals surface area contributed by atoms with Crippen molar-refractivity contribution in [3.05, 3.63) is 85.5 Å². The van der Waals surface area contributed by atoms with Crippen LogP contribution in [0.5, 0.6) is 0 Å². The van der Waals surface area contributed by atoms with E-state index >= 15 is 0 Å². The zero-order chi connectivity index (χ0) is 37.0. The molecule has 2 aromatic carbocycles. The molecule has 0 spiro atoms. The van der Waals surface area contributed by atoms with E-state index in [9.17, 15) is 5.53 Å². The van der Waals surface area contributed by atoms with Crippen LogP contribution in [0.1, 0.15) is 222 Å². The Kier molecular flexibility index (Phi) is 20.2. The maximum absolute atomic E-state index is 12.6. The zero-order valence-electron chi connectivity index (χ0n) is 34.9. The summed E-state index contributed by atoms with van der Waals surface area (Å²) in [6.07, 6.45) is 29.9. The van der Waals surface area contributed by atoms with E-state index in [1.807, 2.05) is 0 Å². The van der Waals surface area contributed by atoms with Gasteiger partial charge in [-0.1, -0.05) is 120 Å². The molecule has 1 aliphatic heterocycles. The highest BCUT2D eigenvalue weighted by Crippen LogP contribution is 2.45. The summed E-state index contributed by atoms with van der Waals surface area (Å²) in [7, 11) is 0. The number of unbranched alkanes of at least 4 members (excludes halogenated alkanes) is 10. The van der Waals surface area contributed by atoms with Crippen LogP contribution in [0.3, 0.4) is 0 Å². The molecule has 0 saturated heterocycles. The van der Waals surface area contributed by atoms with Gasteiger partial charge in [-0.2, -0.15) is 0 Å². The molecule has 1 heterocycles. The van der Waals surface area contributed by atoms with Crippen LogP contribution in [0.25, 0.3) is 16.9 Å². The predicted octanol–water partition coefficient (Wildman–Crippen LogP) is 15.7. The molecule has 3 rings (SSSR count). The third kappa shape index (κ3) is 12.0. The minimum atomic E-state index is 0.934. The van der Waals surface area contributed by atoms with Crippen molar-refractivity contribution in [2.45, 2.75) is 216 Å². The molecule has 0 fully saturated rings. The third-order valence-corrected chi connectivity index (χ3v) is 11.4. The van der Waals surface area contributed by atoms with Crippen molar-refractivity contribution < 1.29 is 4.70 Å². The molecule has 0 radical (unpaired) electrons. The smallest absolute Gasteiger partial charge is 0.211 e. The fraction of sp³-hybridized carbons (Fsp3) is 0.673. The van der Waals surface area contributed by atoms with E-state index in [1.54, 1.807) is 27.0 Å². The summed E-state index contributed by atoms with van der Waals surface area (Å²) in [6, 6.07) is 10.0. The SMILES string of the molecule is CCCCCc1cc(C2=C(CC)C(CCCC)=C(c3cc(CCCC)c(CCCC)c(CCCC)c3)[N+]2=[N-])cc(CCCCC)c1CCCCC. The van der Waals surface area contributed by atoms with Crippen molar-refractivity contribution in [2.24, 2.45) is 0 Å². The van der Waals surface area contributed by atoms with Gasteiger partial charge >= 0.3 is 0 Å². The van der Waals surface area contributed by atoms with E-state index in [2.05, 4.69) is 79.7 Å². The fourth-order valence-electron chi connectivity index (χ4n) is 8.42. The lowest BCUT2D eigenvalue weighted by Crippen LogP contribution is -2.09. The maximum Gasteiger partial charge on any atom is 0.211 e. The van der Waals surface area contributed by atoms with E-state index in [1.165, 1.54) is 143 Å². The van der Waals surface area contributed by atoms with E-state index in [4.69, 9.17) is 0 Å². The maximum atomic E-state index is 12.6. The van der Waals surface area contributed by atoms with Crippen molar-refractivity contribution in [3.8, 4) is 0 Å². The van der Waals surface area contributed by atoms with Crippen LogP contribution in [-0.4, -0.2) is 4.70 Å². The van der Waals surface area contributed by atoms with Gasteiger partial charge in [0.1, 0.15) is 0 Å². The predicted molar refractivity (Wildman–Crippen MR) is 226 cm³/mol. The summed E-state index contributed by atoms with van der Waals surface area (Å²) in [4.78, 5) is 0. The molecule has 0 bridgehead atoms. The standard InChI is InChI=1S/C49H78N2/c1-9-17-24-29-40-36-42(37-41(30-25-18-10-2)46(40)33-26-19-11-3)48-44(16-8)47(32-23-15-7)49(51(48)50)43-34-38(27-20-12-4)45(31-22-14-6)39(35-43)28-21-13-5/h34-37H,9-33H2,1-8H3. The second kappa shape index (κ2) is 24.0. The first-order chi connectivity index (χ1) is 24.9. The number of nitrogens with zero attached hydrogens (tertiary/aromatic N) is 2. The molecular formula is C49H78N2. The number of hydrogen-bond acceptors (Lipinski definition) is 0. The molecule has 0 aliphatic carbocycles. The second-order valence-electron chi connectivity index (χ2n) is 15.7. The summed E-state index contributed by atoms with van der Waals surface area (Å²) in [6.45, 7) is 18.5. The Balaban J connectivity index is 2.28. The van der Waals surface area contributed by atoms with Gasteiger partial charge in [0.25, 0.3) is 0 Å². The van der Waals surface area contributed by atoms with Gasteiger partial charge < -0.3 is 5.53 Å². The Hall–Kier alpha value is -2.48. The van der Waals surface area contributed by atoms with Crippen molar-refractivity contribution in [3.63, 3.8) is 0 Å². The summed E-state index contributed by atoms with van der Waals surface area (Å²) in [5.41, 5.74) is 29.4. The van der Waals surface area contributed by atoms with Gasteiger partial charge in [0.15, 0.2) is 0 Å². The molecule has 2 nitrogen and oxygen atoms in total. The van der Waals surface area contributed by atoms with Gasteiger partial charge in [-0.25, -0.2) is 4.70 Å². The molecule has 284 valence electrons. The summed E-state index contributed by atoms with van der Waals surface area (Å²) in [5, 5.41) is 0. The zero-order valence-corrected chi connectivity index (χ0v) is 34.9. The Bertz CT molecular complexity index is 1360. The molecule has 51 heavy (non-hydrogen) atoms. The average molecular weight is 695 g/mol. The van der Waals surface area contributed by atoms with Gasteiger partial charge in [0.05, 0.1) is 0 Å². The van der Waals surface area contributed by atoms with Crippen LogP contribution in [0.4, 0.5) is 0 Å². The van der Waals surface area contributed by atoms with E-state index in [-0.39, 0.29) is 0 Å². The molecule has 0 saturated carbocycles. The number of benzene rings is 2. The third-order valence-electron chi connectivity index (χ3n) is 11.4. The summed E-state index contributed by atoms with van der Waals surface area (Å²) < 4.78 is 1.68. The number of allylic oxidation sites excluding steroid dienone is 2. The first-order valence-corrected chi connectivity index (χ1v) is 22.2. The minimum absolute atomic E-state index is 0.934. The van der Waals surface area contributed by atoms with Crippen molar-refractivity contribution in [1.82, 2.24) is 0 Å². The topological polar surface area (TPSA) is 25.3 Å². The number of hydrogen-bond donors (Lipinski definition) is 0. The molecule has 0 aromatic heterocycles. The molecule has 0 atom stereocenters. The first-order valence-electron chi connectivity index (χ1n) is 22.2. The molecule has 0 unspecified atom stereocenters. The van der Waals surface area contributed by atoms with Gasteiger partial charge in [-0.15, -0.1) is 0 Å². The summed E-state index contributed by atoms with van der Waals surface area (Å²) in [5.74, 6) is 0. The Morgan fingerprint density at radius 2 is 0.686 bits per heavy atom. The van der Waals surface area contributed by atoms with E-state index in [0.717, 1.165) is 62.8 Å². The van der Waals surface area contributed by atoms with Crippen LogP contribution in [-0.2, 0) is 38.5 Å². The van der Waals surface area contributed by atoms with Gasteiger partial charge in [-0.05, 0) is 154 Å². The van der Waals surface area contributed by atoms with Crippen LogP contribution < -0.4 is 0 Å². The van der Waals surface area contributed by atoms with Crippen LogP contribution in [0.2, 0.25) is 0 Å². The quantitative estimate of drug-likeness (QED) is 0.0657. The average Bonchev–Trinajstić information content (AvgIpc) is 3.42. The lowest BCUT2D eigenvalue weighted by molar-refractivity contribution is -0.345. The van der Waals surface area contributed by atoms with Crippen LogP contribution in [0, 0.1) is 0 Å². The fourth-order valence-corrected chi connectivity index (χ4v) is 8.42. The highest BCUT2D eigenvalue weighted by Gasteiger charge is 2.36. The molecule has 0 amide bonds. The largest absolute Gasteiger partial charge is 0.493 e. The summed E-state index contributed by atoms with van der Waals surface area (Å²) >= 11 is 0. The molecular weight excluding hydrogens is 617 g/mol.